The van der Waals surface area contributed by atoms with E-state index in [0.29, 0.717) is 23.2 Å². The Balaban J connectivity index is 2.00. The molecule has 0 aliphatic rings. The third-order valence-electron chi connectivity index (χ3n) is 4.34. The SMILES string of the molecule is COC(=O)C(CCSC)NC(=O)c1cc(-c2ccncc2)nc2ccccc12. The average molecular weight is 395 g/mol. The van der Waals surface area contributed by atoms with Crippen LogP contribution in [0.15, 0.2) is 54.9 Å². The monoisotopic (exact) mass is 395 g/mol. The maximum absolute atomic E-state index is 13.1. The summed E-state index contributed by atoms with van der Waals surface area (Å²) in [4.78, 5) is 33.8. The summed E-state index contributed by atoms with van der Waals surface area (Å²) in [6.07, 6.45) is 5.82. The molecule has 2 aromatic heterocycles. The van der Waals surface area contributed by atoms with E-state index in [0.717, 1.165) is 16.7 Å². The van der Waals surface area contributed by atoms with E-state index < -0.39 is 12.0 Å². The van der Waals surface area contributed by atoms with Crippen LogP contribution in [0, 0.1) is 0 Å². The van der Waals surface area contributed by atoms with Crippen LogP contribution in [-0.2, 0) is 9.53 Å². The highest BCUT2D eigenvalue weighted by Crippen LogP contribution is 2.24. The number of para-hydroxylation sites is 1. The number of ether oxygens (including phenoxy) is 1. The molecular formula is C21H21N3O3S. The predicted octanol–water partition coefficient (Wildman–Crippen LogP) is 3.32. The third kappa shape index (κ3) is 4.48. The predicted molar refractivity (Wildman–Crippen MR) is 111 cm³/mol. The Hall–Kier alpha value is -2.93. The Labute approximate surface area is 167 Å². The molecule has 2 heterocycles. The van der Waals surface area contributed by atoms with Gasteiger partial charge in [0.05, 0.1) is 23.9 Å². The van der Waals surface area contributed by atoms with Crippen molar-refractivity contribution in [3.05, 3.63) is 60.4 Å². The average Bonchev–Trinajstić information content (AvgIpc) is 2.75. The molecule has 1 unspecified atom stereocenters. The molecule has 1 N–H and O–H groups in total. The largest absolute Gasteiger partial charge is 0.467 e. The van der Waals surface area contributed by atoms with E-state index in [1.165, 1.54) is 7.11 Å². The van der Waals surface area contributed by atoms with Crippen LogP contribution in [0.25, 0.3) is 22.2 Å². The van der Waals surface area contributed by atoms with Crippen LogP contribution in [0.3, 0.4) is 0 Å². The molecule has 0 saturated carbocycles. The summed E-state index contributed by atoms with van der Waals surface area (Å²) < 4.78 is 4.84. The van der Waals surface area contributed by atoms with Crippen LogP contribution in [0.2, 0.25) is 0 Å². The highest BCUT2D eigenvalue weighted by molar-refractivity contribution is 7.98. The minimum absolute atomic E-state index is 0.328. The summed E-state index contributed by atoms with van der Waals surface area (Å²) in [5.74, 6) is -0.0418. The van der Waals surface area contributed by atoms with Gasteiger partial charge < -0.3 is 10.1 Å². The number of carbonyl (C=O) groups is 2. The molecule has 144 valence electrons. The standard InChI is InChI=1S/C21H21N3O3S/c1-27-21(26)18(9-12-28-2)24-20(25)16-13-19(14-7-10-22-11-8-14)23-17-6-4-3-5-15(16)17/h3-8,10-11,13,18H,9,12H2,1-2H3,(H,24,25). The molecule has 0 bridgehead atoms. The quantitative estimate of drug-likeness (QED) is 0.618. The third-order valence-corrected chi connectivity index (χ3v) is 4.98. The van der Waals surface area contributed by atoms with Gasteiger partial charge in [-0.2, -0.15) is 11.8 Å². The van der Waals surface area contributed by atoms with Crippen molar-refractivity contribution in [3.63, 3.8) is 0 Å². The molecule has 0 aliphatic carbocycles. The molecule has 0 spiro atoms. The lowest BCUT2D eigenvalue weighted by molar-refractivity contribution is -0.142. The molecule has 3 rings (SSSR count). The summed E-state index contributed by atoms with van der Waals surface area (Å²) >= 11 is 1.61. The van der Waals surface area contributed by atoms with Gasteiger partial charge in [-0.15, -0.1) is 0 Å². The van der Waals surface area contributed by atoms with Crippen LogP contribution >= 0.6 is 11.8 Å². The molecule has 0 fully saturated rings. The number of hydrogen-bond acceptors (Lipinski definition) is 6. The molecule has 1 aromatic carbocycles. The Kier molecular flexibility index (Phi) is 6.60. The van der Waals surface area contributed by atoms with Gasteiger partial charge in [0.2, 0.25) is 0 Å². The zero-order chi connectivity index (χ0) is 19.9. The number of methoxy groups -OCH3 is 1. The van der Waals surface area contributed by atoms with Gasteiger partial charge in [-0.1, -0.05) is 18.2 Å². The van der Waals surface area contributed by atoms with E-state index in [-0.39, 0.29) is 5.91 Å². The Morgan fingerprint density at radius 3 is 2.64 bits per heavy atom. The summed E-state index contributed by atoms with van der Waals surface area (Å²) in [5.41, 5.74) is 2.71. The fraction of sp³-hybridized carbons (Fsp3) is 0.238. The van der Waals surface area contributed by atoms with Gasteiger partial charge >= 0.3 is 5.97 Å². The normalized spacial score (nSPS) is 11.8. The molecule has 3 aromatic rings. The maximum Gasteiger partial charge on any atom is 0.328 e. The van der Waals surface area contributed by atoms with E-state index in [2.05, 4.69) is 15.3 Å². The first-order valence-corrected chi connectivity index (χ1v) is 10.2. The van der Waals surface area contributed by atoms with E-state index in [9.17, 15) is 9.59 Å². The van der Waals surface area contributed by atoms with Gasteiger partial charge in [-0.05, 0) is 42.7 Å². The number of aromatic nitrogens is 2. The van der Waals surface area contributed by atoms with Gasteiger partial charge in [0, 0.05) is 23.3 Å². The van der Waals surface area contributed by atoms with Gasteiger partial charge in [0.1, 0.15) is 6.04 Å². The van der Waals surface area contributed by atoms with E-state index in [1.807, 2.05) is 42.7 Å². The highest BCUT2D eigenvalue weighted by atomic mass is 32.2. The van der Waals surface area contributed by atoms with Gasteiger partial charge in [-0.3, -0.25) is 9.78 Å². The molecule has 1 atom stereocenters. The van der Waals surface area contributed by atoms with E-state index >= 15 is 0 Å². The molecule has 0 aliphatic heterocycles. The Morgan fingerprint density at radius 2 is 1.93 bits per heavy atom. The number of nitrogens with zero attached hydrogens (tertiary/aromatic N) is 2. The van der Waals surface area contributed by atoms with Crippen molar-refractivity contribution >= 4 is 34.5 Å². The number of pyridine rings is 2. The number of rotatable bonds is 7. The fourth-order valence-electron chi connectivity index (χ4n) is 2.90. The first-order chi connectivity index (χ1) is 13.6. The second kappa shape index (κ2) is 9.32. The van der Waals surface area contributed by atoms with Crippen molar-refractivity contribution in [2.75, 3.05) is 19.1 Å². The number of fused-ring (bicyclic) bond motifs is 1. The molecule has 0 saturated heterocycles. The topological polar surface area (TPSA) is 81.2 Å². The lowest BCUT2D eigenvalue weighted by atomic mass is 10.0. The van der Waals surface area contributed by atoms with Crippen molar-refractivity contribution in [2.24, 2.45) is 0 Å². The van der Waals surface area contributed by atoms with Crippen molar-refractivity contribution in [1.29, 1.82) is 0 Å². The molecule has 6 nitrogen and oxygen atoms in total. The van der Waals surface area contributed by atoms with Crippen molar-refractivity contribution in [3.8, 4) is 11.3 Å². The van der Waals surface area contributed by atoms with Gasteiger partial charge in [-0.25, -0.2) is 9.78 Å². The van der Waals surface area contributed by atoms with Crippen LogP contribution in [0.4, 0.5) is 0 Å². The number of hydrogen-bond donors (Lipinski definition) is 1. The van der Waals surface area contributed by atoms with Gasteiger partial charge in [0.15, 0.2) is 0 Å². The molecule has 0 radical (unpaired) electrons. The first-order valence-electron chi connectivity index (χ1n) is 8.82. The van der Waals surface area contributed by atoms with Crippen LogP contribution in [-0.4, -0.2) is 47.0 Å². The lowest BCUT2D eigenvalue weighted by Gasteiger charge is -2.17. The van der Waals surface area contributed by atoms with Crippen LogP contribution < -0.4 is 5.32 Å². The summed E-state index contributed by atoms with van der Waals surface area (Å²) in [5, 5.41) is 3.55. The lowest BCUT2D eigenvalue weighted by Crippen LogP contribution is -2.42. The number of carbonyl (C=O) groups excluding carboxylic acids is 2. The van der Waals surface area contributed by atoms with Crippen LogP contribution in [0.1, 0.15) is 16.8 Å². The number of nitrogens with one attached hydrogen (secondary N) is 1. The highest BCUT2D eigenvalue weighted by Gasteiger charge is 2.23. The smallest absolute Gasteiger partial charge is 0.328 e. The zero-order valence-corrected chi connectivity index (χ0v) is 16.5. The minimum Gasteiger partial charge on any atom is -0.467 e. The van der Waals surface area contributed by atoms with E-state index in [4.69, 9.17) is 4.74 Å². The van der Waals surface area contributed by atoms with Crippen molar-refractivity contribution < 1.29 is 14.3 Å². The molecular weight excluding hydrogens is 374 g/mol. The van der Waals surface area contributed by atoms with Crippen LogP contribution in [0.5, 0.6) is 0 Å². The number of thioether (sulfide) groups is 1. The van der Waals surface area contributed by atoms with Gasteiger partial charge in [0.25, 0.3) is 5.91 Å². The number of esters is 1. The fourth-order valence-corrected chi connectivity index (χ4v) is 3.37. The summed E-state index contributed by atoms with van der Waals surface area (Å²) in [6.45, 7) is 0. The van der Waals surface area contributed by atoms with Crippen molar-refractivity contribution in [1.82, 2.24) is 15.3 Å². The molecule has 28 heavy (non-hydrogen) atoms. The zero-order valence-electron chi connectivity index (χ0n) is 15.7. The second-order valence-electron chi connectivity index (χ2n) is 6.14. The van der Waals surface area contributed by atoms with E-state index in [1.54, 1.807) is 30.2 Å². The Bertz CT molecular complexity index is 979. The molecule has 7 heteroatoms. The number of amides is 1. The minimum atomic E-state index is -0.693. The molecule has 1 amide bonds. The Morgan fingerprint density at radius 1 is 1.18 bits per heavy atom. The first kappa shape index (κ1) is 19.8. The summed E-state index contributed by atoms with van der Waals surface area (Å²) in [7, 11) is 1.32. The maximum atomic E-state index is 13.1. The second-order valence-corrected chi connectivity index (χ2v) is 7.12. The number of benzene rings is 1. The summed E-state index contributed by atoms with van der Waals surface area (Å²) in [6, 6.07) is 12.2. The van der Waals surface area contributed by atoms with Crippen molar-refractivity contribution in [2.45, 2.75) is 12.5 Å².